The molecule has 3 aromatic rings. The second-order valence-electron chi connectivity index (χ2n) is 3.93. The lowest BCUT2D eigenvalue weighted by Gasteiger charge is -2.08. The highest BCUT2D eigenvalue weighted by Gasteiger charge is 2.10. The molecule has 0 aromatic carbocycles. The van der Waals surface area contributed by atoms with E-state index in [1.807, 2.05) is 17.5 Å². The third-order valence-electron chi connectivity index (χ3n) is 2.80. The van der Waals surface area contributed by atoms with Gasteiger partial charge >= 0.3 is 0 Å². The number of aromatic nitrogens is 4. The fourth-order valence-corrected chi connectivity index (χ4v) is 2.08. The first-order valence-corrected chi connectivity index (χ1v) is 5.63. The third kappa shape index (κ3) is 1.35. The van der Waals surface area contributed by atoms with Crippen molar-refractivity contribution < 1.29 is 0 Å². The van der Waals surface area contributed by atoms with E-state index in [1.54, 1.807) is 29.1 Å². The van der Waals surface area contributed by atoms with Gasteiger partial charge in [0, 0.05) is 25.1 Å². The van der Waals surface area contributed by atoms with Crippen molar-refractivity contribution in [3.8, 4) is 0 Å². The van der Waals surface area contributed by atoms with E-state index in [2.05, 4.69) is 9.97 Å². The van der Waals surface area contributed by atoms with Crippen LogP contribution in [0.5, 0.6) is 0 Å². The van der Waals surface area contributed by atoms with Crippen molar-refractivity contribution in [2.45, 2.75) is 19.9 Å². The average Bonchev–Trinajstić information content (AvgIpc) is 2.84. The highest BCUT2D eigenvalue weighted by Crippen LogP contribution is 2.10. The van der Waals surface area contributed by atoms with Crippen molar-refractivity contribution in [3.63, 3.8) is 0 Å². The van der Waals surface area contributed by atoms with Gasteiger partial charge in [0.1, 0.15) is 0 Å². The first-order chi connectivity index (χ1) is 8.33. The van der Waals surface area contributed by atoms with Crippen LogP contribution in [0.2, 0.25) is 0 Å². The molecule has 0 unspecified atom stereocenters. The maximum Gasteiger partial charge on any atom is 0.264 e. The minimum absolute atomic E-state index is 0.0198. The monoisotopic (exact) mass is 228 g/mol. The summed E-state index contributed by atoms with van der Waals surface area (Å²) in [4.78, 5) is 20.8. The number of rotatable bonds is 2. The van der Waals surface area contributed by atoms with E-state index in [4.69, 9.17) is 0 Å². The molecular weight excluding hydrogens is 216 g/mol. The quantitative estimate of drug-likeness (QED) is 0.667. The summed E-state index contributed by atoms with van der Waals surface area (Å²) in [6, 6.07) is 3.58. The van der Waals surface area contributed by atoms with Gasteiger partial charge in [0.2, 0.25) is 5.78 Å². The normalized spacial score (nSPS) is 11.4. The van der Waals surface area contributed by atoms with Crippen LogP contribution in [-0.2, 0) is 6.54 Å². The van der Waals surface area contributed by atoms with E-state index in [1.165, 1.54) is 0 Å². The van der Waals surface area contributed by atoms with Crippen molar-refractivity contribution in [2.24, 2.45) is 0 Å². The van der Waals surface area contributed by atoms with Crippen LogP contribution in [-0.4, -0.2) is 18.9 Å². The van der Waals surface area contributed by atoms with Crippen molar-refractivity contribution in [2.75, 3.05) is 0 Å². The van der Waals surface area contributed by atoms with Gasteiger partial charge in [-0.3, -0.25) is 13.8 Å². The predicted molar refractivity (Wildman–Crippen MR) is 65.0 cm³/mol. The van der Waals surface area contributed by atoms with Gasteiger partial charge in [0.05, 0.1) is 5.39 Å². The second kappa shape index (κ2) is 3.69. The number of fused-ring (bicyclic) bond motifs is 3. The van der Waals surface area contributed by atoms with Gasteiger partial charge in [-0.05, 0) is 18.6 Å². The van der Waals surface area contributed by atoms with Crippen LogP contribution < -0.4 is 5.56 Å². The molecule has 0 saturated carbocycles. The number of imidazole rings is 1. The zero-order valence-electron chi connectivity index (χ0n) is 9.50. The Hall–Kier alpha value is -2.17. The van der Waals surface area contributed by atoms with Gasteiger partial charge in [0.25, 0.3) is 5.56 Å². The number of aryl methyl sites for hydroxylation is 1. The first-order valence-electron chi connectivity index (χ1n) is 5.63. The highest BCUT2D eigenvalue weighted by atomic mass is 16.1. The molecule has 0 aliphatic heterocycles. The van der Waals surface area contributed by atoms with Crippen molar-refractivity contribution in [1.82, 2.24) is 18.9 Å². The molecule has 0 amide bonds. The molecule has 0 spiro atoms. The predicted octanol–water partition coefficient (Wildman–Crippen LogP) is 1.45. The molecule has 86 valence electrons. The third-order valence-corrected chi connectivity index (χ3v) is 2.80. The fraction of sp³-hybridized carbons (Fsp3) is 0.250. The van der Waals surface area contributed by atoms with E-state index in [-0.39, 0.29) is 5.56 Å². The lowest BCUT2D eigenvalue weighted by atomic mass is 10.3. The molecule has 5 nitrogen and oxygen atoms in total. The minimum Gasteiger partial charge on any atom is -0.278 e. The Morgan fingerprint density at radius 1 is 1.29 bits per heavy atom. The first kappa shape index (κ1) is 10.0. The molecule has 3 rings (SSSR count). The van der Waals surface area contributed by atoms with Gasteiger partial charge in [0.15, 0.2) is 5.65 Å². The number of hydrogen-bond donors (Lipinski definition) is 0. The van der Waals surface area contributed by atoms with Crippen molar-refractivity contribution in [1.29, 1.82) is 0 Å². The Balaban J connectivity index is 2.56. The van der Waals surface area contributed by atoms with Crippen LogP contribution in [0.3, 0.4) is 0 Å². The van der Waals surface area contributed by atoms with E-state index >= 15 is 0 Å². The highest BCUT2D eigenvalue weighted by molar-refractivity contribution is 5.76. The second-order valence-corrected chi connectivity index (χ2v) is 3.93. The molecule has 0 saturated heterocycles. The average molecular weight is 228 g/mol. The molecule has 17 heavy (non-hydrogen) atoms. The van der Waals surface area contributed by atoms with Crippen LogP contribution in [0.15, 0.2) is 35.5 Å². The van der Waals surface area contributed by atoms with E-state index in [9.17, 15) is 4.79 Å². The number of nitrogens with zero attached hydrogens (tertiary/aromatic N) is 4. The van der Waals surface area contributed by atoms with Crippen LogP contribution in [0.25, 0.3) is 16.8 Å². The molecular formula is C12H12N4O. The van der Waals surface area contributed by atoms with Gasteiger partial charge in [-0.2, -0.15) is 0 Å². The van der Waals surface area contributed by atoms with Crippen LogP contribution in [0.4, 0.5) is 0 Å². The van der Waals surface area contributed by atoms with Crippen LogP contribution >= 0.6 is 0 Å². The van der Waals surface area contributed by atoms with Crippen molar-refractivity contribution in [3.05, 3.63) is 41.1 Å². The smallest absolute Gasteiger partial charge is 0.264 e. The number of hydrogen-bond acceptors (Lipinski definition) is 3. The molecule has 0 aliphatic carbocycles. The molecule has 5 heteroatoms. The van der Waals surface area contributed by atoms with Gasteiger partial charge < -0.3 is 0 Å². The molecule has 0 fully saturated rings. The van der Waals surface area contributed by atoms with Gasteiger partial charge in [-0.25, -0.2) is 9.97 Å². The summed E-state index contributed by atoms with van der Waals surface area (Å²) in [5.74, 6) is 0.656. The lowest BCUT2D eigenvalue weighted by Crippen LogP contribution is -2.23. The molecule has 0 radical (unpaired) electrons. The summed E-state index contributed by atoms with van der Waals surface area (Å²) in [6.07, 6.45) is 6.10. The topological polar surface area (TPSA) is 52.2 Å². The Morgan fingerprint density at radius 3 is 3.00 bits per heavy atom. The Morgan fingerprint density at radius 2 is 2.18 bits per heavy atom. The van der Waals surface area contributed by atoms with E-state index < -0.39 is 0 Å². The SMILES string of the molecule is CCCn1c(=O)c2cccnc2n2ccnc12. The van der Waals surface area contributed by atoms with E-state index in [0.29, 0.717) is 23.4 Å². The maximum atomic E-state index is 12.3. The Labute approximate surface area is 97.4 Å². The summed E-state index contributed by atoms with van der Waals surface area (Å²) in [6.45, 7) is 2.71. The molecule has 0 N–H and O–H groups in total. The fourth-order valence-electron chi connectivity index (χ4n) is 2.08. The summed E-state index contributed by atoms with van der Waals surface area (Å²) in [5.41, 5.74) is 0.644. The zero-order valence-corrected chi connectivity index (χ0v) is 9.50. The summed E-state index contributed by atoms with van der Waals surface area (Å²) < 4.78 is 3.55. The summed E-state index contributed by atoms with van der Waals surface area (Å²) >= 11 is 0. The Bertz CT molecular complexity index is 741. The van der Waals surface area contributed by atoms with Gasteiger partial charge in [-0.15, -0.1) is 0 Å². The van der Waals surface area contributed by atoms with E-state index in [0.717, 1.165) is 6.42 Å². The molecule has 0 aliphatic rings. The molecule has 0 atom stereocenters. The summed E-state index contributed by atoms with van der Waals surface area (Å²) in [7, 11) is 0. The standard InChI is InChI=1S/C12H12N4O/c1-2-7-16-11(17)9-4-3-5-13-10(9)15-8-6-14-12(15)16/h3-6,8H,2,7H2,1H3. The molecule has 3 aromatic heterocycles. The van der Waals surface area contributed by atoms with Crippen LogP contribution in [0.1, 0.15) is 13.3 Å². The number of pyridine rings is 1. The molecule has 0 bridgehead atoms. The maximum absolute atomic E-state index is 12.3. The van der Waals surface area contributed by atoms with Crippen molar-refractivity contribution >= 4 is 16.8 Å². The summed E-state index contributed by atoms with van der Waals surface area (Å²) in [5, 5.41) is 0.631. The van der Waals surface area contributed by atoms with Crippen LogP contribution in [0, 0.1) is 0 Å². The minimum atomic E-state index is -0.0198. The lowest BCUT2D eigenvalue weighted by molar-refractivity contribution is 0.663. The zero-order chi connectivity index (χ0) is 11.8. The Kier molecular flexibility index (Phi) is 2.18. The molecule has 3 heterocycles. The largest absolute Gasteiger partial charge is 0.278 e. The van der Waals surface area contributed by atoms with Gasteiger partial charge in [-0.1, -0.05) is 6.92 Å².